The van der Waals surface area contributed by atoms with Crippen molar-refractivity contribution in [1.82, 2.24) is 14.5 Å². The van der Waals surface area contributed by atoms with Crippen LogP contribution in [0.15, 0.2) is 46.9 Å². The molecule has 0 fully saturated rings. The number of amides is 1. The maximum absolute atomic E-state index is 12.9. The minimum atomic E-state index is -0.472. The second-order valence-electron chi connectivity index (χ2n) is 6.29. The fourth-order valence-electron chi connectivity index (χ4n) is 2.75. The molecule has 1 atom stereocenters. The smallest absolute Gasteiger partial charge is 0.275 e. The van der Waals surface area contributed by atoms with Crippen molar-refractivity contribution < 1.29 is 9.53 Å². The van der Waals surface area contributed by atoms with Crippen molar-refractivity contribution in [2.75, 3.05) is 17.7 Å². The fourth-order valence-corrected chi connectivity index (χ4v) is 4.69. The molecule has 3 N–H and O–H groups in total. The Morgan fingerprint density at radius 3 is 2.90 bits per heavy atom. The number of allylic oxidation sites excluding steroid dienone is 1. The molecular formula is C20H23N5O3S2. The first kappa shape index (κ1) is 21.8. The van der Waals surface area contributed by atoms with Gasteiger partial charge in [-0.05, 0) is 31.5 Å². The van der Waals surface area contributed by atoms with E-state index in [1.807, 2.05) is 32.0 Å². The number of anilines is 2. The van der Waals surface area contributed by atoms with Gasteiger partial charge in [-0.3, -0.25) is 9.59 Å². The summed E-state index contributed by atoms with van der Waals surface area (Å²) in [5.74, 6) is 0.832. The number of carbonyl (C=O) groups is 1. The molecule has 3 rings (SSSR count). The van der Waals surface area contributed by atoms with E-state index in [4.69, 9.17) is 10.5 Å². The standard InChI is InChI=1S/C20H23N5O3S2/c1-4-9-25-16(21)11-17(26)23-20(25)30-14(5-2)18(27)24-19-22-13-8-7-12(28-6-3)10-15(13)29-19/h4,7-8,10-11,14H,1,5-6,9,21H2,2-3H3,(H,22,24,27)/t14-/m1/s1. The lowest BCUT2D eigenvalue weighted by Crippen LogP contribution is -2.26. The van der Waals surface area contributed by atoms with Crippen LogP contribution in [0.5, 0.6) is 5.75 Å². The Morgan fingerprint density at radius 2 is 2.20 bits per heavy atom. The van der Waals surface area contributed by atoms with E-state index in [1.165, 1.54) is 29.2 Å². The average molecular weight is 446 g/mol. The van der Waals surface area contributed by atoms with Crippen LogP contribution >= 0.6 is 23.1 Å². The van der Waals surface area contributed by atoms with Crippen LogP contribution in [0.4, 0.5) is 10.9 Å². The highest BCUT2D eigenvalue weighted by molar-refractivity contribution is 8.00. The minimum Gasteiger partial charge on any atom is -0.494 e. The van der Waals surface area contributed by atoms with Gasteiger partial charge < -0.3 is 20.4 Å². The second-order valence-corrected chi connectivity index (χ2v) is 8.49. The van der Waals surface area contributed by atoms with Crippen molar-refractivity contribution in [3.8, 4) is 5.75 Å². The van der Waals surface area contributed by atoms with Crippen LogP contribution in [0.2, 0.25) is 0 Å². The Kier molecular flexibility index (Phi) is 7.11. The number of thioether (sulfide) groups is 1. The van der Waals surface area contributed by atoms with Gasteiger partial charge in [-0.2, -0.15) is 4.98 Å². The zero-order valence-corrected chi connectivity index (χ0v) is 18.4. The van der Waals surface area contributed by atoms with Gasteiger partial charge >= 0.3 is 0 Å². The topological polar surface area (TPSA) is 112 Å². The number of rotatable bonds is 9. The van der Waals surface area contributed by atoms with Crippen molar-refractivity contribution in [3.63, 3.8) is 0 Å². The van der Waals surface area contributed by atoms with E-state index in [1.54, 1.807) is 10.6 Å². The highest BCUT2D eigenvalue weighted by Crippen LogP contribution is 2.31. The second kappa shape index (κ2) is 9.77. The molecule has 0 saturated heterocycles. The van der Waals surface area contributed by atoms with Crippen molar-refractivity contribution in [1.29, 1.82) is 0 Å². The third kappa shape index (κ3) is 5.00. The minimum absolute atomic E-state index is 0.214. The van der Waals surface area contributed by atoms with Gasteiger partial charge in [0.2, 0.25) is 5.91 Å². The highest BCUT2D eigenvalue weighted by Gasteiger charge is 2.22. The van der Waals surface area contributed by atoms with Crippen LogP contribution in [0.25, 0.3) is 10.2 Å². The Labute approximate surface area is 182 Å². The van der Waals surface area contributed by atoms with Crippen LogP contribution in [0.1, 0.15) is 20.3 Å². The summed E-state index contributed by atoms with van der Waals surface area (Å²) in [4.78, 5) is 33.2. The molecule has 0 radical (unpaired) electrons. The van der Waals surface area contributed by atoms with Gasteiger partial charge in [0, 0.05) is 12.6 Å². The molecule has 1 amide bonds. The fraction of sp³-hybridized carbons (Fsp3) is 0.300. The molecule has 0 bridgehead atoms. The molecule has 2 heterocycles. The van der Waals surface area contributed by atoms with E-state index < -0.39 is 10.8 Å². The van der Waals surface area contributed by atoms with Crippen molar-refractivity contribution in [2.24, 2.45) is 0 Å². The zero-order chi connectivity index (χ0) is 21.7. The number of benzene rings is 1. The number of nitrogens with zero attached hydrogens (tertiary/aromatic N) is 3. The third-order valence-electron chi connectivity index (χ3n) is 4.14. The van der Waals surface area contributed by atoms with Gasteiger partial charge in [-0.15, -0.1) is 6.58 Å². The molecule has 3 aromatic rings. The highest BCUT2D eigenvalue weighted by atomic mass is 32.2. The summed E-state index contributed by atoms with van der Waals surface area (Å²) in [6.07, 6.45) is 2.19. The lowest BCUT2D eigenvalue weighted by atomic mass is 10.3. The molecular weight excluding hydrogens is 422 g/mol. The zero-order valence-electron chi connectivity index (χ0n) is 16.8. The van der Waals surface area contributed by atoms with Crippen LogP contribution in [0, 0.1) is 0 Å². The summed E-state index contributed by atoms with van der Waals surface area (Å²) in [6.45, 7) is 8.49. The summed E-state index contributed by atoms with van der Waals surface area (Å²) in [7, 11) is 0. The molecule has 30 heavy (non-hydrogen) atoms. The number of nitrogens with two attached hydrogens (primary N) is 1. The largest absolute Gasteiger partial charge is 0.494 e. The number of fused-ring (bicyclic) bond motifs is 1. The van der Waals surface area contributed by atoms with E-state index >= 15 is 0 Å². The SMILES string of the molecule is C=CCn1c(N)cc(=O)nc1S[C@H](CC)C(=O)Nc1nc2ccc(OCC)cc2s1. The maximum Gasteiger partial charge on any atom is 0.275 e. The summed E-state index contributed by atoms with van der Waals surface area (Å²) in [5.41, 5.74) is 6.29. The number of nitrogen functional groups attached to an aromatic ring is 1. The number of aromatic nitrogens is 3. The van der Waals surface area contributed by atoms with Gasteiger partial charge in [0.25, 0.3) is 5.56 Å². The monoisotopic (exact) mass is 445 g/mol. The number of hydrogen-bond donors (Lipinski definition) is 2. The van der Waals surface area contributed by atoms with Gasteiger partial charge in [0.1, 0.15) is 11.6 Å². The summed E-state index contributed by atoms with van der Waals surface area (Å²) in [6, 6.07) is 6.88. The number of carbonyl (C=O) groups excluding carboxylic acids is 1. The van der Waals surface area contributed by atoms with Crippen molar-refractivity contribution in [3.05, 3.63) is 47.3 Å². The molecule has 0 saturated carbocycles. The van der Waals surface area contributed by atoms with E-state index in [9.17, 15) is 9.59 Å². The van der Waals surface area contributed by atoms with Crippen LogP contribution in [-0.2, 0) is 11.3 Å². The predicted molar refractivity (Wildman–Crippen MR) is 122 cm³/mol. The Bertz CT molecular complexity index is 1130. The third-order valence-corrected chi connectivity index (χ3v) is 6.43. The summed E-state index contributed by atoms with van der Waals surface area (Å²) >= 11 is 2.58. The van der Waals surface area contributed by atoms with E-state index in [2.05, 4.69) is 21.9 Å². The Morgan fingerprint density at radius 1 is 1.40 bits per heavy atom. The molecule has 0 aliphatic rings. The quantitative estimate of drug-likeness (QED) is 0.294. The normalized spacial score (nSPS) is 11.9. The first-order chi connectivity index (χ1) is 14.4. The summed E-state index contributed by atoms with van der Waals surface area (Å²) < 4.78 is 8.09. The van der Waals surface area contributed by atoms with E-state index in [-0.39, 0.29) is 11.7 Å². The van der Waals surface area contributed by atoms with Crippen LogP contribution < -0.4 is 21.3 Å². The summed E-state index contributed by atoms with van der Waals surface area (Å²) in [5, 5.41) is 3.29. The van der Waals surface area contributed by atoms with Crippen molar-refractivity contribution >= 4 is 50.2 Å². The molecule has 2 aromatic heterocycles. The molecule has 158 valence electrons. The molecule has 0 aliphatic heterocycles. The average Bonchev–Trinajstić information content (AvgIpc) is 3.10. The first-order valence-corrected chi connectivity index (χ1v) is 11.1. The lowest BCUT2D eigenvalue weighted by molar-refractivity contribution is -0.115. The van der Waals surface area contributed by atoms with Gasteiger partial charge in [0.15, 0.2) is 10.3 Å². The van der Waals surface area contributed by atoms with E-state index in [0.29, 0.717) is 29.9 Å². The first-order valence-electron chi connectivity index (χ1n) is 9.44. The molecule has 10 heteroatoms. The molecule has 0 spiro atoms. The maximum atomic E-state index is 12.9. The van der Waals surface area contributed by atoms with Gasteiger partial charge in [-0.1, -0.05) is 36.1 Å². The number of ether oxygens (including phenoxy) is 1. The predicted octanol–water partition coefficient (Wildman–Crippen LogP) is 3.53. The lowest BCUT2D eigenvalue weighted by Gasteiger charge is -2.17. The van der Waals surface area contributed by atoms with Crippen LogP contribution in [-0.4, -0.2) is 32.3 Å². The van der Waals surface area contributed by atoms with Crippen molar-refractivity contribution in [2.45, 2.75) is 37.2 Å². The molecule has 0 unspecified atom stereocenters. The molecule has 0 aliphatic carbocycles. The number of hydrogen-bond acceptors (Lipinski definition) is 8. The van der Waals surface area contributed by atoms with Gasteiger partial charge in [-0.25, -0.2) is 4.98 Å². The Hall–Kier alpha value is -2.85. The number of thiazole rings is 1. The van der Waals surface area contributed by atoms with Crippen LogP contribution in [0.3, 0.4) is 0 Å². The van der Waals surface area contributed by atoms with E-state index in [0.717, 1.165) is 16.0 Å². The molecule has 1 aromatic carbocycles. The molecule has 8 nitrogen and oxygen atoms in total. The van der Waals surface area contributed by atoms with Gasteiger partial charge in [0.05, 0.1) is 22.1 Å². The Balaban J connectivity index is 1.79. The number of nitrogens with one attached hydrogen (secondary N) is 1.